The maximum Gasteiger partial charge on any atom is 0.163 e. The van der Waals surface area contributed by atoms with Gasteiger partial charge in [-0.15, -0.1) is 0 Å². The Labute approximate surface area is 70.3 Å². The molecule has 0 aliphatic carbocycles. The van der Waals surface area contributed by atoms with Gasteiger partial charge >= 0.3 is 0 Å². The molecule has 0 saturated carbocycles. The van der Waals surface area contributed by atoms with E-state index < -0.39 is 0 Å². The number of imidazole rings is 1. The van der Waals surface area contributed by atoms with E-state index in [4.69, 9.17) is 0 Å². The molecule has 12 heavy (non-hydrogen) atoms. The summed E-state index contributed by atoms with van der Waals surface area (Å²) in [7, 11) is 0. The van der Waals surface area contributed by atoms with Crippen molar-refractivity contribution in [1.82, 2.24) is 19.5 Å². The minimum atomic E-state index is 0.872. The predicted octanol–water partition coefficient (Wildman–Crippen LogP) is 1.15. The topological polar surface area (TPSA) is 43.6 Å². The summed E-state index contributed by atoms with van der Waals surface area (Å²) in [5.41, 5.74) is 1.79. The largest absolute Gasteiger partial charge is 0.313 e. The molecule has 2 aromatic rings. The molecule has 0 radical (unpaired) electrons. The van der Waals surface area contributed by atoms with E-state index in [0.717, 1.165) is 23.5 Å². The summed E-state index contributed by atoms with van der Waals surface area (Å²) < 4.78 is 2.07. The molecule has 0 N–H and O–H groups in total. The van der Waals surface area contributed by atoms with Crippen molar-refractivity contribution in [2.45, 2.75) is 20.4 Å². The van der Waals surface area contributed by atoms with Crippen LogP contribution in [0.1, 0.15) is 12.7 Å². The zero-order valence-electron chi connectivity index (χ0n) is 7.15. The maximum atomic E-state index is 4.32. The summed E-state index contributed by atoms with van der Waals surface area (Å²) in [5, 5.41) is 0. The molecule has 4 nitrogen and oxygen atoms in total. The van der Waals surface area contributed by atoms with Gasteiger partial charge < -0.3 is 4.57 Å². The lowest BCUT2D eigenvalue weighted by Crippen LogP contribution is -1.97. The Bertz CT molecular complexity index is 404. The van der Waals surface area contributed by atoms with Crippen LogP contribution in [0, 0.1) is 6.92 Å². The third-order valence-electron chi connectivity index (χ3n) is 1.92. The molecule has 0 aliphatic rings. The minimum absolute atomic E-state index is 0.872. The van der Waals surface area contributed by atoms with Crippen molar-refractivity contribution in [3.8, 4) is 0 Å². The van der Waals surface area contributed by atoms with E-state index in [1.807, 2.05) is 6.92 Å². The Hall–Kier alpha value is -1.45. The summed E-state index contributed by atoms with van der Waals surface area (Å²) >= 11 is 0. The molecule has 2 aromatic heterocycles. The predicted molar refractivity (Wildman–Crippen MR) is 45.7 cm³/mol. The number of rotatable bonds is 1. The standard InChI is InChI=1S/C8H10N4/c1-3-12-6(2)11-7-4-9-5-10-8(7)12/h4-5H,3H2,1-2H3. The van der Waals surface area contributed by atoms with E-state index in [0.29, 0.717) is 0 Å². The van der Waals surface area contributed by atoms with Gasteiger partial charge in [-0.05, 0) is 13.8 Å². The van der Waals surface area contributed by atoms with Gasteiger partial charge in [-0.3, -0.25) is 0 Å². The van der Waals surface area contributed by atoms with Crippen LogP contribution >= 0.6 is 0 Å². The van der Waals surface area contributed by atoms with E-state index in [2.05, 4.69) is 26.4 Å². The van der Waals surface area contributed by atoms with Crippen molar-refractivity contribution >= 4 is 11.2 Å². The highest BCUT2D eigenvalue weighted by Gasteiger charge is 2.05. The Morgan fingerprint density at radius 2 is 2.33 bits per heavy atom. The van der Waals surface area contributed by atoms with Crippen LogP contribution in [0.15, 0.2) is 12.5 Å². The Morgan fingerprint density at radius 1 is 1.50 bits per heavy atom. The Balaban J connectivity index is 2.81. The van der Waals surface area contributed by atoms with Crippen LogP contribution in [0.5, 0.6) is 0 Å². The highest BCUT2D eigenvalue weighted by molar-refractivity contribution is 5.69. The average Bonchev–Trinajstić information content (AvgIpc) is 2.40. The molecule has 0 amide bonds. The molecule has 0 saturated heterocycles. The van der Waals surface area contributed by atoms with E-state index >= 15 is 0 Å². The van der Waals surface area contributed by atoms with Crippen LogP contribution in [0.4, 0.5) is 0 Å². The third-order valence-corrected chi connectivity index (χ3v) is 1.92. The number of nitrogens with zero attached hydrogens (tertiary/aromatic N) is 4. The monoisotopic (exact) mass is 162 g/mol. The van der Waals surface area contributed by atoms with Crippen LogP contribution in [0.3, 0.4) is 0 Å². The lowest BCUT2D eigenvalue weighted by atomic mass is 10.5. The Morgan fingerprint density at radius 3 is 3.08 bits per heavy atom. The van der Waals surface area contributed by atoms with Crippen molar-refractivity contribution in [3.63, 3.8) is 0 Å². The van der Waals surface area contributed by atoms with Gasteiger partial charge in [0, 0.05) is 6.54 Å². The molecule has 0 atom stereocenters. The molecule has 0 unspecified atom stereocenters. The van der Waals surface area contributed by atoms with Crippen molar-refractivity contribution in [2.75, 3.05) is 0 Å². The normalized spacial score (nSPS) is 10.8. The van der Waals surface area contributed by atoms with Gasteiger partial charge in [-0.2, -0.15) is 0 Å². The van der Waals surface area contributed by atoms with Crippen LogP contribution < -0.4 is 0 Å². The van der Waals surface area contributed by atoms with E-state index in [1.165, 1.54) is 0 Å². The van der Waals surface area contributed by atoms with Gasteiger partial charge in [0.2, 0.25) is 0 Å². The lowest BCUT2D eigenvalue weighted by molar-refractivity contribution is 0.745. The fraction of sp³-hybridized carbons (Fsp3) is 0.375. The van der Waals surface area contributed by atoms with Crippen LogP contribution in [-0.4, -0.2) is 19.5 Å². The molecule has 0 aliphatic heterocycles. The van der Waals surface area contributed by atoms with Gasteiger partial charge in [0.25, 0.3) is 0 Å². The molecule has 2 heterocycles. The van der Waals surface area contributed by atoms with Crippen molar-refractivity contribution in [2.24, 2.45) is 0 Å². The minimum Gasteiger partial charge on any atom is -0.313 e. The van der Waals surface area contributed by atoms with Crippen LogP contribution in [0.2, 0.25) is 0 Å². The van der Waals surface area contributed by atoms with Crippen molar-refractivity contribution < 1.29 is 0 Å². The zero-order valence-corrected chi connectivity index (χ0v) is 7.15. The lowest BCUT2D eigenvalue weighted by Gasteiger charge is -1.98. The number of aromatic nitrogens is 4. The molecule has 0 spiro atoms. The summed E-state index contributed by atoms with van der Waals surface area (Å²) in [6, 6.07) is 0. The number of aryl methyl sites for hydroxylation is 2. The average molecular weight is 162 g/mol. The van der Waals surface area contributed by atoms with Crippen molar-refractivity contribution in [3.05, 3.63) is 18.3 Å². The molecule has 2 rings (SSSR count). The molecule has 0 aromatic carbocycles. The first-order chi connectivity index (χ1) is 5.83. The SMILES string of the molecule is CCn1c(C)nc2cncnc21. The first-order valence-corrected chi connectivity index (χ1v) is 3.95. The first-order valence-electron chi connectivity index (χ1n) is 3.95. The van der Waals surface area contributed by atoms with Crippen molar-refractivity contribution in [1.29, 1.82) is 0 Å². The smallest absolute Gasteiger partial charge is 0.163 e. The van der Waals surface area contributed by atoms with Gasteiger partial charge in [0.05, 0.1) is 6.20 Å². The zero-order chi connectivity index (χ0) is 8.55. The number of fused-ring (bicyclic) bond motifs is 1. The summed E-state index contributed by atoms with van der Waals surface area (Å²) in [5.74, 6) is 0.994. The molecule has 4 heteroatoms. The molecule has 62 valence electrons. The van der Waals surface area contributed by atoms with Gasteiger partial charge in [-0.1, -0.05) is 0 Å². The quantitative estimate of drug-likeness (QED) is 0.631. The highest BCUT2D eigenvalue weighted by Crippen LogP contribution is 2.10. The van der Waals surface area contributed by atoms with E-state index in [9.17, 15) is 0 Å². The maximum absolute atomic E-state index is 4.32. The molecular formula is C8H10N4. The van der Waals surface area contributed by atoms with E-state index in [-0.39, 0.29) is 0 Å². The van der Waals surface area contributed by atoms with Gasteiger partial charge in [0.15, 0.2) is 5.65 Å². The van der Waals surface area contributed by atoms with E-state index in [1.54, 1.807) is 12.5 Å². The summed E-state index contributed by atoms with van der Waals surface area (Å²) in [4.78, 5) is 12.4. The third kappa shape index (κ3) is 0.879. The molecular weight excluding hydrogens is 152 g/mol. The number of hydrogen-bond donors (Lipinski definition) is 0. The molecule has 0 bridgehead atoms. The Kier molecular flexibility index (Phi) is 1.53. The number of hydrogen-bond acceptors (Lipinski definition) is 3. The van der Waals surface area contributed by atoms with Gasteiger partial charge in [-0.25, -0.2) is 15.0 Å². The second-order valence-corrected chi connectivity index (χ2v) is 2.63. The second-order valence-electron chi connectivity index (χ2n) is 2.63. The molecule has 0 fully saturated rings. The first kappa shape index (κ1) is 7.21. The van der Waals surface area contributed by atoms with Gasteiger partial charge in [0.1, 0.15) is 17.7 Å². The fourth-order valence-corrected chi connectivity index (χ4v) is 1.37. The fourth-order valence-electron chi connectivity index (χ4n) is 1.37. The summed E-state index contributed by atoms with van der Waals surface area (Å²) in [6.07, 6.45) is 3.29. The van der Waals surface area contributed by atoms with Crippen LogP contribution in [0.25, 0.3) is 11.2 Å². The summed E-state index contributed by atoms with van der Waals surface area (Å²) in [6.45, 7) is 4.96. The van der Waals surface area contributed by atoms with Crippen LogP contribution in [-0.2, 0) is 6.54 Å². The highest BCUT2D eigenvalue weighted by atomic mass is 15.1. The second kappa shape index (κ2) is 2.55.